The quantitative estimate of drug-likeness (QED) is 0.592. The summed E-state index contributed by atoms with van der Waals surface area (Å²) in [5.41, 5.74) is 5.23. The van der Waals surface area contributed by atoms with Crippen molar-refractivity contribution in [2.24, 2.45) is 5.73 Å². The smallest absolute Gasteiger partial charge is 0.407 e. The average Bonchev–Trinajstić information content (AvgIpc) is 2.34. The second-order valence-electron chi connectivity index (χ2n) is 5.82. The van der Waals surface area contributed by atoms with Gasteiger partial charge < -0.3 is 15.8 Å². The molecular weight excluding hydrogens is 254 g/mol. The molecule has 2 atom stereocenters. The summed E-state index contributed by atoms with van der Waals surface area (Å²) in [5.74, 6) is 2.72. The largest absolute Gasteiger partial charge is 0.444 e. The van der Waals surface area contributed by atoms with E-state index in [-0.39, 0.29) is 12.1 Å². The third-order valence-electron chi connectivity index (χ3n) is 2.66. The summed E-state index contributed by atoms with van der Waals surface area (Å²) >= 11 is 0. The predicted molar refractivity (Wildman–Crippen MR) is 82.4 cm³/mol. The van der Waals surface area contributed by atoms with Crippen molar-refractivity contribution in [1.82, 2.24) is 10.6 Å². The highest BCUT2D eigenvalue weighted by molar-refractivity contribution is 5.67. The summed E-state index contributed by atoms with van der Waals surface area (Å²) in [6, 6.07) is 0.132. The van der Waals surface area contributed by atoms with Gasteiger partial charge in [0.2, 0.25) is 0 Å². The molecule has 0 aromatic heterocycles. The van der Waals surface area contributed by atoms with Gasteiger partial charge >= 0.3 is 6.09 Å². The van der Waals surface area contributed by atoms with Crippen molar-refractivity contribution < 1.29 is 9.53 Å². The number of alkyl carbamates (subject to hydrolysis) is 1. The van der Waals surface area contributed by atoms with Crippen LogP contribution in [0.15, 0.2) is 0 Å². The van der Waals surface area contributed by atoms with E-state index in [1.165, 1.54) is 0 Å². The zero-order chi connectivity index (χ0) is 15.6. The van der Waals surface area contributed by atoms with Crippen LogP contribution in [0.25, 0.3) is 0 Å². The maximum Gasteiger partial charge on any atom is 0.407 e. The molecule has 0 fully saturated rings. The highest BCUT2D eigenvalue weighted by atomic mass is 16.6. The maximum absolute atomic E-state index is 11.5. The Bertz CT molecular complexity index is 318. The normalized spacial score (nSPS) is 14.2. The standard InChI is InChI=1S/C15H29N3O2/c1-6-8-12(7-2)18-13(11-16)9-10-17-14(19)20-15(3,4)5/h2,12-13,18H,6,8-11,16H2,1,3-5H3,(H,17,19). The first kappa shape index (κ1) is 18.8. The number of hydrogen-bond donors (Lipinski definition) is 3. The molecule has 1 amide bonds. The summed E-state index contributed by atoms with van der Waals surface area (Å²) in [5, 5.41) is 6.04. The van der Waals surface area contributed by atoms with E-state index in [1.54, 1.807) is 0 Å². The monoisotopic (exact) mass is 283 g/mol. The Labute approximate surface area is 123 Å². The molecule has 0 rings (SSSR count). The van der Waals surface area contributed by atoms with E-state index in [0.717, 1.165) is 19.3 Å². The molecular formula is C15H29N3O2. The number of nitrogens with one attached hydrogen (secondary N) is 2. The van der Waals surface area contributed by atoms with Crippen molar-refractivity contribution in [3.05, 3.63) is 0 Å². The molecule has 0 saturated heterocycles. The SMILES string of the molecule is C#CC(CCC)NC(CN)CCNC(=O)OC(C)(C)C. The van der Waals surface area contributed by atoms with E-state index < -0.39 is 11.7 Å². The first-order valence-electron chi connectivity index (χ1n) is 7.21. The number of carbonyl (C=O) groups is 1. The van der Waals surface area contributed by atoms with Gasteiger partial charge in [-0.15, -0.1) is 6.42 Å². The lowest BCUT2D eigenvalue weighted by Crippen LogP contribution is -2.44. The van der Waals surface area contributed by atoms with Gasteiger partial charge in [-0.05, 0) is 33.6 Å². The predicted octanol–water partition coefficient (Wildman–Crippen LogP) is 1.62. The Balaban J connectivity index is 4.02. The Morgan fingerprint density at radius 3 is 2.50 bits per heavy atom. The molecule has 0 spiro atoms. The van der Waals surface area contributed by atoms with Crippen LogP contribution in [0.5, 0.6) is 0 Å². The van der Waals surface area contributed by atoms with Crippen LogP contribution in [0.4, 0.5) is 4.79 Å². The molecule has 0 aromatic rings. The van der Waals surface area contributed by atoms with Crippen LogP contribution in [-0.4, -0.2) is 36.9 Å². The topological polar surface area (TPSA) is 76.4 Å². The van der Waals surface area contributed by atoms with Crippen LogP contribution in [0.3, 0.4) is 0 Å². The highest BCUT2D eigenvalue weighted by Crippen LogP contribution is 2.06. The molecule has 116 valence electrons. The third kappa shape index (κ3) is 9.65. The highest BCUT2D eigenvalue weighted by Gasteiger charge is 2.16. The molecule has 4 N–H and O–H groups in total. The lowest BCUT2D eigenvalue weighted by atomic mass is 10.1. The van der Waals surface area contributed by atoms with E-state index in [4.69, 9.17) is 16.9 Å². The molecule has 5 heteroatoms. The van der Waals surface area contributed by atoms with Crippen LogP contribution in [0, 0.1) is 12.3 Å². The van der Waals surface area contributed by atoms with Gasteiger partial charge in [-0.2, -0.15) is 0 Å². The van der Waals surface area contributed by atoms with Crippen molar-refractivity contribution >= 4 is 6.09 Å². The van der Waals surface area contributed by atoms with Crippen LogP contribution in [0.1, 0.15) is 47.0 Å². The van der Waals surface area contributed by atoms with Gasteiger partial charge in [0.05, 0.1) is 6.04 Å². The fourth-order valence-electron chi connectivity index (χ4n) is 1.72. The summed E-state index contributed by atoms with van der Waals surface area (Å²) in [6.07, 6.45) is 7.72. The maximum atomic E-state index is 11.5. The van der Waals surface area contributed by atoms with Gasteiger partial charge in [0, 0.05) is 19.1 Å². The molecule has 0 saturated carbocycles. The minimum Gasteiger partial charge on any atom is -0.444 e. The fourth-order valence-corrected chi connectivity index (χ4v) is 1.72. The Morgan fingerprint density at radius 1 is 1.40 bits per heavy atom. The molecule has 0 aliphatic rings. The van der Waals surface area contributed by atoms with Gasteiger partial charge in [0.15, 0.2) is 0 Å². The van der Waals surface area contributed by atoms with Crippen molar-refractivity contribution in [1.29, 1.82) is 0 Å². The molecule has 2 unspecified atom stereocenters. The molecule has 0 heterocycles. The molecule has 0 radical (unpaired) electrons. The van der Waals surface area contributed by atoms with Gasteiger partial charge in [-0.25, -0.2) is 4.79 Å². The summed E-state index contributed by atoms with van der Waals surface area (Å²) in [4.78, 5) is 11.5. The Morgan fingerprint density at radius 2 is 2.05 bits per heavy atom. The van der Waals surface area contributed by atoms with Gasteiger partial charge in [0.1, 0.15) is 5.60 Å². The first-order chi connectivity index (χ1) is 9.32. The van der Waals surface area contributed by atoms with Crippen molar-refractivity contribution in [3.8, 4) is 12.3 Å². The molecule has 0 aliphatic carbocycles. The van der Waals surface area contributed by atoms with Crippen molar-refractivity contribution in [3.63, 3.8) is 0 Å². The number of nitrogens with two attached hydrogens (primary N) is 1. The Kier molecular flexibility index (Phi) is 9.02. The lowest BCUT2D eigenvalue weighted by Gasteiger charge is -2.22. The number of rotatable bonds is 8. The zero-order valence-electron chi connectivity index (χ0n) is 13.2. The van der Waals surface area contributed by atoms with E-state index in [2.05, 4.69) is 23.5 Å². The summed E-state index contributed by atoms with van der Waals surface area (Å²) in [6.45, 7) is 8.58. The van der Waals surface area contributed by atoms with Gasteiger partial charge in [0.25, 0.3) is 0 Å². The summed E-state index contributed by atoms with van der Waals surface area (Å²) in [7, 11) is 0. The zero-order valence-corrected chi connectivity index (χ0v) is 13.2. The number of carbonyl (C=O) groups excluding carboxylic acids is 1. The molecule has 0 aromatic carbocycles. The van der Waals surface area contributed by atoms with E-state index in [9.17, 15) is 4.79 Å². The minimum atomic E-state index is -0.481. The van der Waals surface area contributed by atoms with Crippen LogP contribution >= 0.6 is 0 Å². The average molecular weight is 283 g/mol. The number of ether oxygens (including phenoxy) is 1. The fraction of sp³-hybridized carbons (Fsp3) is 0.800. The molecule has 20 heavy (non-hydrogen) atoms. The number of amides is 1. The van der Waals surface area contributed by atoms with Crippen LogP contribution in [-0.2, 0) is 4.74 Å². The van der Waals surface area contributed by atoms with Crippen molar-refractivity contribution in [2.75, 3.05) is 13.1 Å². The van der Waals surface area contributed by atoms with Gasteiger partial charge in [-0.3, -0.25) is 5.32 Å². The van der Waals surface area contributed by atoms with Crippen LogP contribution in [0.2, 0.25) is 0 Å². The van der Waals surface area contributed by atoms with Gasteiger partial charge in [-0.1, -0.05) is 19.3 Å². The minimum absolute atomic E-state index is 0.0371. The molecule has 5 nitrogen and oxygen atoms in total. The summed E-state index contributed by atoms with van der Waals surface area (Å²) < 4.78 is 5.16. The first-order valence-corrected chi connectivity index (χ1v) is 7.21. The van der Waals surface area contributed by atoms with E-state index in [0.29, 0.717) is 13.1 Å². The molecule has 0 bridgehead atoms. The third-order valence-corrected chi connectivity index (χ3v) is 2.66. The number of hydrogen-bond acceptors (Lipinski definition) is 4. The number of terminal acetylenes is 1. The van der Waals surface area contributed by atoms with E-state index >= 15 is 0 Å². The second kappa shape index (κ2) is 9.62. The Hall–Kier alpha value is -1.25. The second-order valence-corrected chi connectivity index (χ2v) is 5.82. The van der Waals surface area contributed by atoms with E-state index in [1.807, 2.05) is 20.8 Å². The molecule has 0 aliphatic heterocycles. The van der Waals surface area contributed by atoms with Crippen LogP contribution < -0.4 is 16.4 Å². The van der Waals surface area contributed by atoms with Crippen molar-refractivity contribution in [2.45, 2.75) is 64.6 Å². The lowest BCUT2D eigenvalue weighted by molar-refractivity contribution is 0.0526.